The third-order valence-corrected chi connectivity index (χ3v) is 5.88. The van der Waals surface area contributed by atoms with Crippen molar-refractivity contribution in [1.29, 1.82) is 0 Å². The lowest BCUT2D eigenvalue weighted by atomic mass is 9.85. The fraction of sp³-hybridized carbons (Fsp3) is 0.684. The topological polar surface area (TPSA) is 89.5 Å². The molecule has 0 spiro atoms. The number of aliphatic carboxylic acids is 1. The van der Waals surface area contributed by atoms with E-state index in [4.69, 9.17) is 5.11 Å². The molecule has 0 aromatic carbocycles. The van der Waals surface area contributed by atoms with Gasteiger partial charge in [0, 0.05) is 49.7 Å². The molecule has 1 aromatic rings. The second-order valence-corrected chi connectivity index (χ2v) is 8.06. The lowest BCUT2D eigenvalue weighted by Crippen LogP contribution is -2.55. The second kappa shape index (κ2) is 8.00. The number of pyridine rings is 1. The first kappa shape index (κ1) is 17.9. The van der Waals surface area contributed by atoms with Crippen molar-refractivity contribution in [3.8, 4) is 0 Å². The Hall–Kier alpha value is -1.54. The van der Waals surface area contributed by atoms with E-state index in [2.05, 4.69) is 32.1 Å². The largest absolute Gasteiger partial charge is 0.480 e. The van der Waals surface area contributed by atoms with E-state index in [9.17, 15) is 4.79 Å². The summed E-state index contributed by atoms with van der Waals surface area (Å²) in [6, 6.07) is 5.74. The van der Waals surface area contributed by atoms with Crippen molar-refractivity contribution in [2.24, 2.45) is 5.92 Å². The molecule has 2 aliphatic carbocycles. The molecule has 1 aromatic heterocycles. The van der Waals surface area contributed by atoms with Gasteiger partial charge in [-0.2, -0.15) is 0 Å². The predicted octanol–water partition coefficient (Wildman–Crippen LogP) is 0.906. The van der Waals surface area contributed by atoms with Gasteiger partial charge in [0.15, 0.2) is 0 Å². The van der Waals surface area contributed by atoms with Gasteiger partial charge in [-0.15, -0.1) is 0 Å². The maximum Gasteiger partial charge on any atom is 0.317 e. The van der Waals surface area contributed by atoms with Gasteiger partial charge >= 0.3 is 5.97 Å². The first-order valence-electron chi connectivity index (χ1n) is 9.77. The summed E-state index contributed by atoms with van der Waals surface area (Å²) in [6.07, 6.45) is 9.42. The zero-order valence-electron chi connectivity index (χ0n) is 15.1. The van der Waals surface area contributed by atoms with Crippen molar-refractivity contribution >= 4 is 5.97 Å². The summed E-state index contributed by atoms with van der Waals surface area (Å²) < 4.78 is 0. The van der Waals surface area contributed by atoms with Crippen molar-refractivity contribution in [3.05, 3.63) is 30.1 Å². The third kappa shape index (κ3) is 4.59. The summed E-state index contributed by atoms with van der Waals surface area (Å²) in [7, 11) is 0. The first-order chi connectivity index (χ1) is 12.7. The van der Waals surface area contributed by atoms with Crippen LogP contribution in [0.1, 0.15) is 43.7 Å². The van der Waals surface area contributed by atoms with Gasteiger partial charge < -0.3 is 10.4 Å². The van der Waals surface area contributed by atoms with E-state index in [-0.39, 0.29) is 6.54 Å². The summed E-state index contributed by atoms with van der Waals surface area (Å²) in [5, 5.41) is 12.8. The Morgan fingerprint density at radius 1 is 1.31 bits per heavy atom. The van der Waals surface area contributed by atoms with E-state index in [1.807, 2.05) is 12.3 Å². The Morgan fingerprint density at radius 2 is 2.15 bits per heavy atom. The van der Waals surface area contributed by atoms with Crippen LogP contribution in [0.25, 0.3) is 0 Å². The fourth-order valence-electron chi connectivity index (χ4n) is 4.07. The smallest absolute Gasteiger partial charge is 0.317 e. The Labute approximate surface area is 154 Å². The lowest BCUT2D eigenvalue weighted by molar-refractivity contribution is -0.139. The molecular weight excluding hydrogens is 330 g/mol. The molecular formula is C19H29N5O2. The summed E-state index contributed by atoms with van der Waals surface area (Å²) >= 11 is 0. The summed E-state index contributed by atoms with van der Waals surface area (Å²) in [5.41, 5.74) is 7.95. The highest BCUT2D eigenvalue weighted by atomic mass is 16.4. The van der Waals surface area contributed by atoms with Gasteiger partial charge in [0.05, 0.1) is 6.54 Å². The van der Waals surface area contributed by atoms with Gasteiger partial charge in [0.25, 0.3) is 0 Å². The minimum absolute atomic E-state index is 0.189. The third-order valence-electron chi connectivity index (χ3n) is 5.88. The Kier molecular flexibility index (Phi) is 5.49. The van der Waals surface area contributed by atoms with Crippen molar-refractivity contribution in [1.82, 2.24) is 26.1 Å². The van der Waals surface area contributed by atoms with Crippen LogP contribution in [0.4, 0.5) is 0 Å². The summed E-state index contributed by atoms with van der Waals surface area (Å²) in [6.45, 7) is 2.09. The number of hydrogen-bond acceptors (Lipinski definition) is 6. The van der Waals surface area contributed by atoms with E-state index in [0.717, 1.165) is 38.3 Å². The van der Waals surface area contributed by atoms with E-state index < -0.39 is 5.97 Å². The Bertz CT molecular complexity index is 603. The summed E-state index contributed by atoms with van der Waals surface area (Å²) in [4.78, 5) is 17.5. The van der Waals surface area contributed by atoms with Crippen LogP contribution in [0.3, 0.4) is 0 Å². The average Bonchev–Trinajstić information content (AvgIpc) is 3.28. The molecule has 1 aliphatic heterocycles. The van der Waals surface area contributed by atoms with E-state index in [1.165, 1.54) is 18.4 Å². The van der Waals surface area contributed by atoms with Gasteiger partial charge in [-0.1, -0.05) is 6.07 Å². The van der Waals surface area contributed by atoms with E-state index in [0.29, 0.717) is 24.2 Å². The van der Waals surface area contributed by atoms with Crippen LogP contribution >= 0.6 is 0 Å². The summed E-state index contributed by atoms with van der Waals surface area (Å²) in [5.74, 6) is 0.0317. The van der Waals surface area contributed by atoms with Crippen molar-refractivity contribution < 1.29 is 9.90 Å². The Morgan fingerprint density at radius 3 is 2.85 bits per heavy atom. The number of carboxylic acids is 1. The van der Waals surface area contributed by atoms with Crippen LogP contribution < -0.4 is 16.2 Å². The van der Waals surface area contributed by atoms with Crippen LogP contribution in [0.5, 0.6) is 0 Å². The maximum absolute atomic E-state index is 11.1. The number of carboxylic acid groups (broad SMARTS) is 1. The zero-order valence-corrected chi connectivity index (χ0v) is 15.1. The minimum Gasteiger partial charge on any atom is -0.480 e. The van der Waals surface area contributed by atoms with Crippen LogP contribution in [-0.2, 0) is 4.79 Å². The SMILES string of the molecule is O=C(O)CN(CC1CC1)C1CC(NCC2CC(c3cccnc3)NN2)C1. The molecule has 0 amide bonds. The van der Waals surface area contributed by atoms with Gasteiger partial charge in [-0.3, -0.25) is 20.1 Å². The molecule has 2 saturated carbocycles. The molecule has 2 atom stereocenters. The quantitative estimate of drug-likeness (QED) is 0.521. The first-order valence-corrected chi connectivity index (χ1v) is 9.77. The predicted molar refractivity (Wildman–Crippen MR) is 98.4 cm³/mol. The molecule has 2 unspecified atom stereocenters. The van der Waals surface area contributed by atoms with Gasteiger partial charge in [0.1, 0.15) is 0 Å². The van der Waals surface area contributed by atoms with E-state index in [1.54, 1.807) is 6.20 Å². The number of nitrogens with zero attached hydrogens (tertiary/aromatic N) is 2. The van der Waals surface area contributed by atoms with Crippen LogP contribution in [-0.4, -0.2) is 58.7 Å². The van der Waals surface area contributed by atoms with Gasteiger partial charge in [-0.05, 0) is 49.7 Å². The molecule has 0 radical (unpaired) electrons. The van der Waals surface area contributed by atoms with Crippen LogP contribution in [0, 0.1) is 5.92 Å². The molecule has 7 nitrogen and oxygen atoms in total. The van der Waals surface area contributed by atoms with Crippen molar-refractivity contribution in [2.45, 2.75) is 56.3 Å². The molecule has 4 rings (SSSR count). The molecule has 4 N–H and O–H groups in total. The maximum atomic E-state index is 11.1. The van der Waals surface area contributed by atoms with Gasteiger partial charge in [0.2, 0.25) is 0 Å². The Balaban J connectivity index is 1.17. The highest BCUT2D eigenvalue weighted by Gasteiger charge is 2.37. The number of hydrogen-bond donors (Lipinski definition) is 4. The number of aromatic nitrogens is 1. The molecule has 1 saturated heterocycles. The molecule has 3 fully saturated rings. The highest BCUT2D eigenvalue weighted by molar-refractivity contribution is 5.69. The normalized spacial score (nSPS) is 31.1. The van der Waals surface area contributed by atoms with Gasteiger partial charge in [-0.25, -0.2) is 5.43 Å². The fourth-order valence-corrected chi connectivity index (χ4v) is 4.07. The van der Waals surface area contributed by atoms with E-state index >= 15 is 0 Å². The zero-order chi connectivity index (χ0) is 17.9. The number of rotatable bonds is 9. The number of carbonyl (C=O) groups is 1. The lowest BCUT2D eigenvalue weighted by Gasteiger charge is -2.43. The number of nitrogens with one attached hydrogen (secondary N) is 3. The monoisotopic (exact) mass is 359 g/mol. The molecule has 2 heterocycles. The van der Waals surface area contributed by atoms with Crippen LogP contribution in [0.2, 0.25) is 0 Å². The number of hydrazine groups is 1. The minimum atomic E-state index is -0.704. The van der Waals surface area contributed by atoms with Crippen LogP contribution in [0.15, 0.2) is 24.5 Å². The average molecular weight is 359 g/mol. The standard InChI is InChI=1S/C19H29N5O2/c25-19(26)12-24(11-13-3-4-13)17-6-15(7-17)21-10-16-8-18(23-22-16)14-2-1-5-20-9-14/h1-2,5,9,13,15-18,21-23H,3-4,6-8,10-12H2,(H,25,26). The van der Waals surface area contributed by atoms with Crippen molar-refractivity contribution in [3.63, 3.8) is 0 Å². The second-order valence-electron chi connectivity index (χ2n) is 8.06. The molecule has 142 valence electrons. The molecule has 26 heavy (non-hydrogen) atoms. The van der Waals surface area contributed by atoms with Crippen molar-refractivity contribution in [2.75, 3.05) is 19.6 Å². The highest BCUT2D eigenvalue weighted by Crippen LogP contribution is 2.33. The molecule has 7 heteroatoms. The molecule has 0 bridgehead atoms. The molecule has 3 aliphatic rings.